The Morgan fingerprint density at radius 3 is 2.71 bits per heavy atom. The molecule has 0 aliphatic carbocycles. The SMILES string of the molecule is O=[N+]([O-])c1cccc(-c2csc(=NCCc3ccccc3)n2N=Cc2c[nH]c3ccccc23)c1. The van der Waals surface area contributed by atoms with Gasteiger partial charge in [-0.3, -0.25) is 15.1 Å². The molecule has 2 heterocycles. The third-order valence-corrected chi connectivity index (χ3v) is 6.32. The smallest absolute Gasteiger partial charge is 0.270 e. The van der Waals surface area contributed by atoms with Crippen LogP contribution in [0.15, 0.2) is 101 Å². The fraction of sp³-hybridized carbons (Fsp3) is 0.0769. The molecule has 168 valence electrons. The van der Waals surface area contributed by atoms with E-state index in [1.165, 1.54) is 23.0 Å². The molecule has 0 atom stereocenters. The number of non-ortho nitro benzene ring substituents is 1. The van der Waals surface area contributed by atoms with Gasteiger partial charge in [0.05, 0.1) is 16.8 Å². The fourth-order valence-electron chi connectivity index (χ4n) is 3.74. The van der Waals surface area contributed by atoms with E-state index in [0.717, 1.165) is 33.4 Å². The Labute approximate surface area is 199 Å². The Hall–Kier alpha value is -4.30. The normalized spacial score (nSPS) is 12.1. The Kier molecular flexibility index (Phi) is 6.13. The highest BCUT2D eigenvalue weighted by Gasteiger charge is 2.12. The lowest BCUT2D eigenvalue weighted by molar-refractivity contribution is -0.384. The van der Waals surface area contributed by atoms with Crippen molar-refractivity contribution in [2.24, 2.45) is 10.1 Å². The summed E-state index contributed by atoms with van der Waals surface area (Å²) in [6.45, 7) is 0.613. The standard InChI is InChI=1S/C26H21N5O2S/c32-31(33)22-10-6-9-20(15-22)25-18-34-26(27-14-13-19-7-2-1-3-8-19)30(25)29-17-21-16-28-24-12-5-4-11-23(21)24/h1-12,15-18,28H,13-14H2. The number of hydrogen-bond donors (Lipinski definition) is 1. The van der Waals surface area contributed by atoms with E-state index >= 15 is 0 Å². The molecule has 3 aromatic carbocycles. The van der Waals surface area contributed by atoms with Crippen LogP contribution in [0.25, 0.3) is 22.2 Å². The zero-order valence-electron chi connectivity index (χ0n) is 18.2. The molecule has 34 heavy (non-hydrogen) atoms. The number of nitro benzene ring substituents is 1. The summed E-state index contributed by atoms with van der Waals surface area (Å²) >= 11 is 1.47. The number of thiazole rings is 1. The molecule has 5 aromatic rings. The Morgan fingerprint density at radius 1 is 1.03 bits per heavy atom. The number of benzene rings is 3. The molecule has 0 amide bonds. The van der Waals surface area contributed by atoms with Gasteiger partial charge in [0.15, 0.2) is 0 Å². The molecule has 0 fully saturated rings. The summed E-state index contributed by atoms with van der Waals surface area (Å²) in [5.74, 6) is 0. The summed E-state index contributed by atoms with van der Waals surface area (Å²) in [4.78, 5) is 19.7. The van der Waals surface area contributed by atoms with E-state index in [1.807, 2.05) is 60.1 Å². The van der Waals surface area contributed by atoms with Gasteiger partial charge in [-0.1, -0.05) is 60.7 Å². The lowest BCUT2D eigenvalue weighted by Gasteiger charge is -2.04. The van der Waals surface area contributed by atoms with Gasteiger partial charge in [-0.25, -0.2) is 4.68 Å². The lowest BCUT2D eigenvalue weighted by atomic mass is 10.1. The highest BCUT2D eigenvalue weighted by atomic mass is 32.1. The number of hydrogen-bond acceptors (Lipinski definition) is 5. The highest BCUT2D eigenvalue weighted by Crippen LogP contribution is 2.25. The molecular weight excluding hydrogens is 446 g/mol. The number of rotatable bonds is 7. The van der Waals surface area contributed by atoms with E-state index in [2.05, 4.69) is 17.1 Å². The number of para-hydroxylation sites is 1. The van der Waals surface area contributed by atoms with Gasteiger partial charge >= 0.3 is 0 Å². The van der Waals surface area contributed by atoms with Gasteiger partial charge in [-0.05, 0) is 18.1 Å². The first-order valence-electron chi connectivity index (χ1n) is 10.8. The van der Waals surface area contributed by atoms with E-state index < -0.39 is 0 Å². The molecule has 0 aliphatic heterocycles. The van der Waals surface area contributed by atoms with Crippen molar-refractivity contribution in [2.45, 2.75) is 6.42 Å². The summed E-state index contributed by atoms with van der Waals surface area (Å²) in [6.07, 6.45) is 4.53. The van der Waals surface area contributed by atoms with Gasteiger partial charge in [0, 0.05) is 52.3 Å². The predicted molar refractivity (Wildman–Crippen MR) is 136 cm³/mol. The number of nitrogens with one attached hydrogen (secondary N) is 1. The van der Waals surface area contributed by atoms with E-state index in [9.17, 15) is 10.1 Å². The van der Waals surface area contributed by atoms with Crippen LogP contribution >= 0.6 is 11.3 Å². The highest BCUT2D eigenvalue weighted by molar-refractivity contribution is 7.07. The molecule has 8 heteroatoms. The van der Waals surface area contributed by atoms with Crippen LogP contribution in [0.1, 0.15) is 11.1 Å². The second-order valence-corrected chi connectivity index (χ2v) is 8.51. The van der Waals surface area contributed by atoms with Crippen molar-refractivity contribution in [3.05, 3.63) is 116 Å². The Morgan fingerprint density at radius 2 is 1.85 bits per heavy atom. The minimum absolute atomic E-state index is 0.0402. The third-order valence-electron chi connectivity index (χ3n) is 5.46. The molecule has 0 saturated heterocycles. The zero-order valence-corrected chi connectivity index (χ0v) is 19.0. The van der Waals surface area contributed by atoms with Crippen LogP contribution in [-0.4, -0.2) is 27.3 Å². The predicted octanol–water partition coefficient (Wildman–Crippen LogP) is 5.63. The van der Waals surface area contributed by atoms with Crippen LogP contribution in [0.5, 0.6) is 0 Å². The monoisotopic (exact) mass is 467 g/mol. The first-order valence-corrected chi connectivity index (χ1v) is 11.7. The van der Waals surface area contributed by atoms with Crippen LogP contribution in [0.4, 0.5) is 5.69 Å². The number of H-pyrrole nitrogens is 1. The molecule has 1 N–H and O–H groups in total. The quantitative estimate of drug-likeness (QED) is 0.191. The number of aromatic amines is 1. The van der Waals surface area contributed by atoms with Crippen molar-refractivity contribution >= 4 is 34.1 Å². The van der Waals surface area contributed by atoms with Crippen molar-refractivity contribution in [3.8, 4) is 11.3 Å². The second kappa shape index (κ2) is 9.68. The first kappa shape index (κ1) is 21.5. The van der Waals surface area contributed by atoms with Crippen molar-refractivity contribution in [3.63, 3.8) is 0 Å². The molecule has 0 spiro atoms. The number of nitro groups is 1. The van der Waals surface area contributed by atoms with Gasteiger partial charge in [-0.15, -0.1) is 11.3 Å². The largest absolute Gasteiger partial charge is 0.361 e. The Bertz CT molecular complexity index is 1550. The lowest BCUT2D eigenvalue weighted by Crippen LogP contribution is -2.13. The first-order chi connectivity index (χ1) is 16.7. The van der Waals surface area contributed by atoms with Crippen molar-refractivity contribution in [1.29, 1.82) is 0 Å². The van der Waals surface area contributed by atoms with Crippen molar-refractivity contribution in [2.75, 3.05) is 6.54 Å². The van der Waals surface area contributed by atoms with Crippen molar-refractivity contribution in [1.82, 2.24) is 9.66 Å². The average Bonchev–Trinajstić information content (AvgIpc) is 3.47. The van der Waals surface area contributed by atoms with Crippen molar-refractivity contribution < 1.29 is 4.92 Å². The molecule has 0 unspecified atom stereocenters. The van der Waals surface area contributed by atoms with Crippen LogP contribution in [-0.2, 0) is 6.42 Å². The minimum atomic E-state index is -0.388. The summed E-state index contributed by atoms with van der Waals surface area (Å²) in [6, 6.07) is 24.8. The van der Waals surface area contributed by atoms with Crippen LogP contribution in [0.3, 0.4) is 0 Å². The molecule has 0 saturated carbocycles. The summed E-state index contributed by atoms with van der Waals surface area (Å²) < 4.78 is 1.76. The van der Waals surface area contributed by atoms with E-state index in [1.54, 1.807) is 23.0 Å². The third kappa shape index (κ3) is 4.57. The number of fused-ring (bicyclic) bond motifs is 1. The number of nitrogens with zero attached hydrogens (tertiary/aromatic N) is 4. The summed E-state index contributed by atoms with van der Waals surface area (Å²) in [7, 11) is 0. The molecule has 0 aliphatic rings. The maximum Gasteiger partial charge on any atom is 0.270 e. The second-order valence-electron chi connectivity index (χ2n) is 7.67. The van der Waals surface area contributed by atoms with Gasteiger partial charge < -0.3 is 4.98 Å². The number of aromatic nitrogens is 2. The Balaban J connectivity index is 1.55. The molecule has 2 aromatic heterocycles. The van der Waals surface area contributed by atoms with Gasteiger partial charge in [0.25, 0.3) is 5.69 Å². The minimum Gasteiger partial charge on any atom is -0.361 e. The average molecular weight is 468 g/mol. The molecule has 0 bridgehead atoms. The topological polar surface area (TPSA) is 88.6 Å². The van der Waals surface area contributed by atoms with E-state index in [4.69, 9.17) is 10.1 Å². The van der Waals surface area contributed by atoms with E-state index in [0.29, 0.717) is 12.1 Å². The summed E-state index contributed by atoms with van der Waals surface area (Å²) in [5, 5.41) is 19.1. The fourth-order valence-corrected chi connectivity index (χ4v) is 4.61. The van der Waals surface area contributed by atoms with Crippen LogP contribution < -0.4 is 4.80 Å². The summed E-state index contributed by atoms with van der Waals surface area (Å²) in [5.41, 5.74) is 4.71. The maximum absolute atomic E-state index is 11.3. The molecule has 0 radical (unpaired) electrons. The van der Waals surface area contributed by atoms with Crippen LogP contribution in [0.2, 0.25) is 0 Å². The molecular formula is C26H21N5O2S. The maximum atomic E-state index is 11.3. The van der Waals surface area contributed by atoms with Gasteiger partial charge in [0.2, 0.25) is 4.80 Å². The zero-order chi connectivity index (χ0) is 23.3. The van der Waals surface area contributed by atoms with Crippen LogP contribution in [0, 0.1) is 10.1 Å². The molecule has 7 nitrogen and oxygen atoms in total. The molecule has 5 rings (SSSR count). The van der Waals surface area contributed by atoms with Gasteiger partial charge in [0.1, 0.15) is 0 Å². The van der Waals surface area contributed by atoms with Gasteiger partial charge in [-0.2, -0.15) is 5.10 Å². The van der Waals surface area contributed by atoms with E-state index in [-0.39, 0.29) is 10.6 Å².